The van der Waals surface area contributed by atoms with Crippen molar-refractivity contribution in [1.82, 2.24) is 4.90 Å². The van der Waals surface area contributed by atoms with Crippen molar-refractivity contribution in [2.24, 2.45) is 0 Å². The molecule has 0 amide bonds. The van der Waals surface area contributed by atoms with Gasteiger partial charge in [-0.2, -0.15) is 0 Å². The summed E-state index contributed by atoms with van der Waals surface area (Å²) in [5, 5.41) is 8.96. The number of nitrogens with zero attached hydrogens (tertiary/aromatic N) is 1. The third kappa shape index (κ3) is 4.00. The zero-order chi connectivity index (χ0) is 11.1. The molecule has 3 heteroatoms. The van der Waals surface area contributed by atoms with Crippen molar-refractivity contribution < 1.29 is 5.11 Å². The van der Waals surface area contributed by atoms with Crippen molar-refractivity contribution in [1.29, 1.82) is 0 Å². The molecule has 2 nitrogen and oxygen atoms in total. The van der Waals surface area contributed by atoms with Gasteiger partial charge in [-0.1, -0.05) is 12.2 Å². The first kappa shape index (κ1) is 12.2. The minimum absolute atomic E-state index is 0.133. The molecule has 1 aromatic heterocycles. The summed E-state index contributed by atoms with van der Waals surface area (Å²) >= 11 is 1.65. The molecule has 0 aliphatic carbocycles. The lowest BCUT2D eigenvalue weighted by atomic mass is 10.3. The fourth-order valence-electron chi connectivity index (χ4n) is 1.38. The molecule has 0 spiro atoms. The molecule has 15 heavy (non-hydrogen) atoms. The summed E-state index contributed by atoms with van der Waals surface area (Å²) in [5.41, 5.74) is 0. The van der Waals surface area contributed by atoms with Crippen LogP contribution in [0.2, 0.25) is 0 Å². The van der Waals surface area contributed by atoms with Crippen molar-refractivity contribution in [3.8, 4) is 0 Å². The van der Waals surface area contributed by atoms with Crippen LogP contribution < -0.4 is 0 Å². The van der Waals surface area contributed by atoms with Crippen molar-refractivity contribution in [2.45, 2.75) is 13.2 Å². The highest BCUT2D eigenvalue weighted by Crippen LogP contribution is 2.18. The molecule has 0 aliphatic heterocycles. The van der Waals surface area contributed by atoms with E-state index in [2.05, 4.69) is 24.1 Å². The second-order valence-electron chi connectivity index (χ2n) is 3.30. The highest BCUT2D eigenvalue weighted by molar-refractivity contribution is 7.11. The second kappa shape index (κ2) is 6.56. The predicted octanol–water partition coefficient (Wildman–Crippen LogP) is 2.41. The Balaban J connectivity index is 2.55. The molecular formula is C12H17NOS. The third-order valence-corrected chi connectivity index (χ3v) is 3.08. The third-order valence-electron chi connectivity index (χ3n) is 2.03. The lowest BCUT2D eigenvalue weighted by Crippen LogP contribution is -2.22. The van der Waals surface area contributed by atoms with Gasteiger partial charge in [-0.05, 0) is 12.1 Å². The number of thiophene rings is 1. The van der Waals surface area contributed by atoms with Crippen LogP contribution >= 0.6 is 11.3 Å². The highest BCUT2D eigenvalue weighted by atomic mass is 32.1. The standard InChI is InChI=1S/C12H17NOS/c1-3-7-13(8-4-2)9-11-5-6-12(10-14)15-11/h3-6,14H,1-2,7-10H2. The summed E-state index contributed by atoms with van der Waals surface area (Å²) in [4.78, 5) is 4.53. The first-order chi connectivity index (χ1) is 7.30. The SMILES string of the molecule is C=CCN(CC=C)Cc1ccc(CO)s1. The number of hydrogen-bond donors (Lipinski definition) is 1. The largest absolute Gasteiger partial charge is 0.391 e. The smallest absolute Gasteiger partial charge is 0.0774 e. The van der Waals surface area contributed by atoms with E-state index >= 15 is 0 Å². The lowest BCUT2D eigenvalue weighted by Gasteiger charge is -2.17. The Bertz CT molecular complexity index is 309. The van der Waals surface area contributed by atoms with Crippen LogP contribution in [0.15, 0.2) is 37.4 Å². The first-order valence-electron chi connectivity index (χ1n) is 4.92. The van der Waals surface area contributed by atoms with Crippen LogP contribution in [0.3, 0.4) is 0 Å². The summed E-state index contributed by atoms with van der Waals surface area (Å²) in [6.45, 7) is 10.2. The fraction of sp³-hybridized carbons (Fsp3) is 0.333. The van der Waals surface area contributed by atoms with Crippen LogP contribution in [-0.4, -0.2) is 23.1 Å². The summed E-state index contributed by atoms with van der Waals surface area (Å²) in [6, 6.07) is 4.04. The zero-order valence-corrected chi connectivity index (χ0v) is 9.67. The molecule has 0 unspecified atom stereocenters. The lowest BCUT2D eigenvalue weighted by molar-refractivity contribution is 0.285. The minimum Gasteiger partial charge on any atom is -0.391 e. The van der Waals surface area contributed by atoms with E-state index in [9.17, 15) is 0 Å². The molecular weight excluding hydrogens is 206 g/mol. The Hall–Kier alpha value is -0.900. The van der Waals surface area contributed by atoms with Gasteiger partial charge in [-0.15, -0.1) is 24.5 Å². The highest BCUT2D eigenvalue weighted by Gasteiger charge is 2.04. The normalized spacial score (nSPS) is 10.5. The molecule has 0 saturated heterocycles. The second-order valence-corrected chi connectivity index (χ2v) is 4.55. The van der Waals surface area contributed by atoms with Crippen molar-refractivity contribution in [3.05, 3.63) is 47.2 Å². The molecule has 82 valence electrons. The van der Waals surface area contributed by atoms with Gasteiger partial charge in [0.25, 0.3) is 0 Å². The number of rotatable bonds is 7. The zero-order valence-electron chi connectivity index (χ0n) is 8.85. The van der Waals surface area contributed by atoms with E-state index in [1.807, 2.05) is 18.2 Å². The monoisotopic (exact) mass is 223 g/mol. The maximum absolute atomic E-state index is 8.96. The molecule has 0 fully saturated rings. The van der Waals surface area contributed by atoms with Crippen molar-refractivity contribution in [3.63, 3.8) is 0 Å². The maximum Gasteiger partial charge on any atom is 0.0774 e. The average Bonchev–Trinajstić information content (AvgIpc) is 2.66. The van der Waals surface area contributed by atoms with Crippen molar-refractivity contribution >= 4 is 11.3 Å². The predicted molar refractivity (Wildman–Crippen MR) is 65.9 cm³/mol. The molecule has 0 bridgehead atoms. The first-order valence-corrected chi connectivity index (χ1v) is 5.74. The average molecular weight is 223 g/mol. The maximum atomic E-state index is 8.96. The van der Waals surface area contributed by atoms with Gasteiger partial charge in [0.05, 0.1) is 6.61 Å². The van der Waals surface area contributed by atoms with E-state index in [0.29, 0.717) is 0 Å². The summed E-state index contributed by atoms with van der Waals surface area (Å²) in [7, 11) is 0. The van der Waals surface area contributed by atoms with Crippen molar-refractivity contribution in [2.75, 3.05) is 13.1 Å². The summed E-state index contributed by atoms with van der Waals surface area (Å²) in [5.74, 6) is 0. The minimum atomic E-state index is 0.133. The van der Waals surface area contributed by atoms with Gasteiger partial charge in [-0.3, -0.25) is 4.90 Å². The Labute approximate surface area is 95.2 Å². The topological polar surface area (TPSA) is 23.5 Å². The van der Waals surface area contributed by atoms with Gasteiger partial charge in [0.1, 0.15) is 0 Å². The van der Waals surface area contributed by atoms with E-state index in [4.69, 9.17) is 5.11 Å². The van der Waals surface area contributed by atoms with Gasteiger partial charge in [0, 0.05) is 29.4 Å². The Morgan fingerprint density at radius 1 is 1.20 bits per heavy atom. The van der Waals surface area contributed by atoms with Crippen LogP contribution in [0.4, 0.5) is 0 Å². The fourth-order valence-corrected chi connectivity index (χ4v) is 2.30. The van der Waals surface area contributed by atoms with E-state index in [1.54, 1.807) is 11.3 Å². The Morgan fingerprint density at radius 3 is 2.27 bits per heavy atom. The summed E-state index contributed by atoms with van der Waals surface area (Å²) < 4.78 is 0. The molecule has 1 aromatic rings. The van der Waals surface area contributed by atoms with E-state index < -0.39 is 0 Å². The number of hydrogen-bond acceptors (Lipinski definition) is 3. The van der Waals surface area contributed by atoms with Crippen LogP contribution in [0.5, 0.6) is 0 Å². The Morgan fingerprint density at radius 2 is 1.80 bits per heavy atom. The molecule has 1 rings (SSSR count). The molecule has 0 saturated carbocycles. The van der Waals surface area contributed by atoms with Crippen LogP contribution in [-0.2, 0) is 13.2 Å². The van der Waals surface area contributed by atoms with Gasteiger partial charge < -0.3 is 5.11 Å². The molecule has 1 N–H and O–H groups in total. The van der Waals surface area contributed by atoms with Crippen LogP contribution in [0.1, 0.15) is 9.75 Å². The molecule has 1 heterocycles. The van der Waals surface area contributed by atoms with E-state index in [1.165, 1.54) is 4.88 Å². The molecule has 0 aliphatic rings. The quantitative estimate of drug-likeness (QED) is 0.718. The molecule has 0 aromatic carbocycles. The van der Waals surface area contributed by atoms with Gasteiger partial charge in [-0.25, -0.2) is 0 Å². The van der Waals surface area contributed by atoms with Gasteiger partial charge in [0.15, 0.2) is 0 Å². The Kier molecular flexibility index (Phi) is 5.32. The number of aliphatic hydroxyl groups excluding tert-OH is 1. The summed E-state index contributed by atoms with van der Waals surface area (Å²) in [6.07, 6.45) is 3.79. The van der Waals surface area contributed by atoms with Gasteiger partial charge >= 0.3 is 0 Å². The number of aliphatic hydroxyl groups is 1. The molecule has 0 atom stereocenters. The molecule has 0 radical (unpaired) electrons. The van der Waals surface area contributed by atoms with E-state index in [0.717, 1.165) is 24.5 Å². The van der Waals surface area contributed by atoms with Gasteiger partial charge in [0.2, 0.25) is 0 Å². The van der Waals surface area contributed by atoms with Crippen LogP contribution in [0, 0.1) is 0 Å². The van der Waals surface area contributed by atoms with Crippen LogP contribution in [0.25, 0.3) is 0 Å². The van der Waals surface area contributed by atoms with E-state index in [-0.39, 0.29) is 6.61 Å².